The van der Waals surface area contributed by atoms with Crippen molar-refractivity contribution in [3.05, 3.63) is 47.2 Å². The number of aliphatic imine (C=N–C) groups is 1. The molecule has 0 bridgehead atoms. The van der Waals surface area contributed by atoms with Crippen LogP contribution in [0.1, 0.15) is 20.8 Å². The fraction of sp³-hybridized carbons (Fsp3) is 0.294. The molecule has 1 aliphatic carbocycles. The summed E-state index contributed by atoms with van der Waals surface area (Å²) in [7, 11) is 2.06. The predicted molar refractivity (Wildman–Crippen MR) is 82.6 cm³/mol. The second kappa shape index (κ2) is 4.17. The van der Waals surface area contributed by atoms with Crippen molar-refractivity contribution in [1.29, 1.82) is 0 Å². The zero-order valence-electron chi connectivity index (χ0n) is 12.3. The minimum absolute atomic E-state index is 0.234. The number of allylic oxidation sites excluding steroid dienone is 4. The maximum atomic E-state index is 10.9. The first-order chi connectivity index (χ1) is 9.48. The number of hydrogen-bond acceptors (Lipinski definition) is 3. The van der Waals surface area contributed by atoms with Gasteiger partial charge in [0.15, 0.2) is 0 Å². The first-order valence-corrected chi connectivity index (χ1v) is 6.78. The summed E-state index contributed by atoms with van der Waals surface area (Å²) in [5, 5.41) is 0. The van der Waals surface area contributed by atoms with Crippen molar-refractivity contribution in [3.63, 3.8) is 0 Å². The lowest BCUT2D eigenvalue weighted by Gasteiger charge is -2.31. The lowest BCUT2D eigenvalue weighted by Crippen LogP contribution is -2.31. The highest BCUT2D eigenvalue weighted by molar-refractivity contribution is 6.16. The van der Waals surface area contributed by atoms with Crippen molar-refractivity contribution >= 4 is 23.4 Å². The number of benzene rings is 1. The van der Waals surface area contributed by atoms with Gasteiger partial charge < -0.3 is 4.90 Å². The van der Waals surface area contributed by atoms with Crippen molar-refractivity contribution in [3.8, 4) is 0 Å². The number of rotatable bonds is 1. The van der Waals surface area contributed by atoms with Gasteiger partial charge in [-0.05, 0) is 36.3 Å². The van der Waals surface area contributed by atoms with E-state index >= 15 is 0 Å². The smallest absolute Gasteiger partial charge is 0.143 e. The molecule has 0 saturated heterocycles. The molecule has 1 aromatic rings. The van der Waals surface area contributed by atoms with Gasteiger partial charge >= 0.3 is 0 Å². The lowest BCUT2D eigenvalue weighted by molar-refractivity contribution is -0.104. The Balaban J connectivity index is 2.31. The molecule has 2 aliphatic rings. The van der Waals surface area contributed by atoms with Gasteiger partial charge in [-0.2, -0.15) is 0 Å². The fourth-order valence-corrected chi connectivity index (χ4v) is 3.29. The van der Waals surface area contributed by atoms with E-state index in [4.69, 9.17) is 4.99 Å². The molecular weight excluding hydrogens is 248 g/mol. The predicted octanol–water partition coefficient (Wildman–Crippen LogP) is 3.65. The molecule has 0 aromatic heterocycles. The Bertz CT molecular complexity index is 693. The molecule has 20 heavy (non-hydrogen) atoms. The molecule has 0 spiro atoms. The van der Waals surface area contributed by atoms with Crippen LogP contribution in [0.25, 0.3) is 0 Å². The van der Waals surface area contributed by atoms with Gasteiger partial charge in [-0.1, -0.05) is 26.0 Å². The Morgan fingerprint density at radius 1 is 1.25 bits per heavy atom. The van der Waals surface area contributed by atoms with Crippen molar-refractivity contribution in [2.75, 3.05) is 11.9 Å². The van der Waals surface area contributed by atoms with E-state index in [9.17, 15) is 4.79 Å². The molecule has 0 atom stereocenters. The van der Waals surface area contributed by atoms with Crippen LogP contribution in [0.5, 0.6) is 0 Å². The fourth-order valence-electron chi connectivity index (χ4n) is 3.29. The van der Waals surface area contributed by atoms with E-state index in [1.807, 2.05) is 18.2 Å². The summed E-state index contributed by atoms with van der Waals surface area (Å²) in [6, 6.07) is 8.13. The van der Waals surface area contributed by atoms with Crippen LogP contribution >= 0.6 is 0 Å². The van der Waals surface area contributed by atoms with Crippen LogP contribution in [-0.2, 0) is 4.79 Å². The minimum atomic E-state index is -0.234. The summed E-state index contributed by atoms with van der Waals surface area (Å²) in [6.45, 7) is 6.32. The largest absolute Gasteiger partial charge is 0.341 e. The average molecular weight is 266 g/mol. The SMILES string of the molecule is CC1=C2C(=Nc3ccccc3N2C)C(C)(C)/C1=C/C=O. The second-order valence-corrected chi connectivity index (χ2v) is 5.82. The molecule has 0 fully saturated rings. The highest BCUT2D eigenvalue weighted by Crippen LogP contribution is 2.49. The van der Waals surface area contributed by atoms with Crippen LogP contribution in [-0.4, -0.2) is 19.0 Å². The third-order valence-corrected chi connectivity index (χ3v) is 4.29. The molecule has 0 N–H and O–H groups in total. The molecule has 0 radical (unpaired) electrons. The molecule has 1 aliphatic heterocycles. The number of hydrogen-bond donors (Lipinski definition) is 0. The van der Waals surface area contributed by atoms with Gasteiger partial charge in [0.25, 0.3) is 0 Å². The zero-order valence-corrected chi connectivity index (χ0v) is 12.3. The molecule has 1 heterocycles. The Hall–Kier alpha value is -2.16. The summed E-state index contributed by atoms with van der Waals surface area (Å²) in [4.78, 5) is 18.0. The molecular formula is C17H18N2O. The number of fused-ring (bicyclic) bond motifs is 2. The monoisotopic (exact) mass is 266 g/mol. The maximum absolute atomic E-state index is 10.9. The van der Waals surface area contributed by atoms with E-state index in [-0.39, 0.29) is 5.41 Å². The molecule has 3 rings (SSSR count). The van der Waals surface area contributed by atoms with Crippen LogP contribution < -0.4 is 4.90 Å². The second-order valence-electron chi connectivity index (χ2n) is 5.82. The number of aldehydes is 1. The van der Waals surface area contributed by atoms with Crippen LogP contribution in [0.4, 0.5) is 11.4 Å². The van der Waals surface area contributed by atoms with E-state index < -0.39 is 0 Å². The topological polar surface area (TPSA) is 32.7 Å². The van der Waals surface area contributed by atoms with Crippen molar-refractivity contribution in [2.45, 2.75) is 20.8 Å². The highest BCUT2D eigenvalue weighted by Gasteiger charge is 2.43. The first kappa shape index (κ1) is 12.9. The number of carbonyl (C=O) groups excluding carboxylic acids is 1. The lowest BCUT2D eigenvalue weighted by atomic mass is 9.82. The standard InChI is InChI=1S/C17H18N2O/c1-11-12(9-10-20)17(2,3)16-15(11)19(4)14-8-6-5-7-13(14)18-16/h5-10H,1-4H3/b12-9+. The summed E-state index contributed by atoms with van der Waals surface area (Å²) in [5.74, 6) is 0. The normalized spacial score (nSPS) is 21.7. The number of anilines is 1. The van der Waals surface area contributed by atoms with Gasteiger partial charge in [-0.25, -0.2) is 4.99 Å². The Morgan fingerprint density at radius 2 is 1.95 bits per heavy atom. The Morgan fingerprint density at radius 3 is 2.65 bits per heavy atom. The molecule has 0 saturated carbocycles. The average Bonchev–Trinajstić information content (AvgIpc) is 2.61. The third kappa shape index (κ3) is 1.52. The van der Waals surface area contributed by atoms with Gasteiger partial charge in [-0.15, -0.1) is 0 Å². The molecule has 1 aromatic carbocycles. The number of para-hydroxylation sites is 2. The van der Waals surface area contributed by atoms with Gasteiger partial charge in [0.1, 0.15) is 6.29 Å². The third-order valence-electron chi connectivity index (χ3n) is 4.29. The van der Waals surface area contributed by atoms with E-state index in [0.29, 0.717) is 0 Å². The Labute approximate surface area is 119 Å². The van der Waals surface area contributed by atoms with Gasteiger partial charge in [0.2, 0.25) is 0 Å². The zero-order chi connectivity index (χ0) is 14.5. The van der Waals surface area contributed by atoms with Crippen LogP contribution in [0.2, 0.25) is 0 Å². The highest BCUT2D eigenvalue weighted by atomic mass is 16.1. The van der Waals surface area contributed by atoms with E-state index in [1.54, 1.807) is 6.08 Å². The molecule has 0 amide bonds. The quantitative estimate of drug-likeness (QED) is 0.574. The maximum Gasteiger partial charge on any atom is 0.143 e. The van der Waals surface area contributed by atoms with E-state index in [0.717, 1.165) is 40.2 Å². The number of nitrogens with zero attached hydrogens (tertiary/aromatic N) is 2. The van der Waals surface area contributed by atoms with Crippen LogP contribution in [0, 0.1) is 5.41 Å². The van der Waals surface area contributed by atoms with E-state index in [2.05, 4.69) is 38.8 Å². The summed E-state index contributed by atoms with van der Waals surface area (Å²) < 4.78 is 0. The molecule has 3 heteroatoms. The Kier molecular flexibility index (Phi) is 2.68. The molecule has 0 unspecified atom stereocenters. The summed E-state index contributed by atoms with van der Waals surface area (Å²) in [6.07, 6.45) is 2.54. The molecule has 3 nitrogen and oxygen atoms in total. The van der Waals surface area contributed by atoms with Crippen molar-refractivity contribution in [1.82, 2.24) is 0 Å². The van der Waals surface area contributed by atoms with Crippen molar-refractivity contribution in [2.24, 2.45) is 10.4 Å². The van der Waals surface area contributed by atoms with Crippen molar-refractivity contribution < 1.29 is 4.79 Å². The van der Waals surface area contributed by atoms with E-state index in [1.165, 1.54) is 0 Å². The van der Waals surface area contributed by atoms with Gasteiger partial charge in [0.05, 0.1) is 22.8 Å². The van der Waals surface area contributed by atoms with Crippen LogP contribution in [0.15, 0.2) is 52.2 Å². The van der Waals surface area contributed by atoms with Gasteiger partial charge in [-0.3, -0.25) is 4.79 Å². The summed E-state index contributed by atoms with van der Waals surface area (Å²) >= 11 is 0. The summed E-state index contributed by atoms with van der Waals surface area (Å²) in [5.41, 5.74) is 6.22. The molecule has 102 valence electrons. The van der Waals surface area contributed by atoms with Crippen LogP contribution in [0.3, 0.4) is 0 Å². The number of carbonyl (C=O) groups is 1. The first-order valence-electron chi connectivity index (χ1n) is 6.78. The van der Waals surface area contributed by atoms with Gasteiger partial charge in [0, 0.05) is 12.5 Å². The minimum Gasteiger partial charge on any atom is -0.341 e.